The van der Waals surface area contributed by atoms with Gasteiger partial charge in [0.15, 0.2) is 0 Å². The minimum absolute atomic E-state index is 0.224. The van der Waals surface area contributed by atoms with Crippen molar-refractivity contribution >= 4 is 17.8 Å². The molecular formula is C24H29CrO6P. The molecule has 0 radical (unpaired) electrons. The molecule has 0 aromatic heterocycles. The van der Waals surface area contributed by atoms with E-state index in [1.54, 1.807) is 0 Å². The molecule has 0 unspecified atom stereocenters. The Labute approximate surface area is 202 Å². The SMILES string of the molecule is CCO[C](=[Cr])/C=C(\c1ccccc1)P(C(C)(C)C)C(C)(C)C.[C-]#[O+].[C-]#[O+].[C-]#[O+].[C-]#[O+].[C-]#[O+]. The fourth-order valence-electron chi connectivity index (χ4n) is 2.91. The van der Waals surface area contributed by atoms with E-state index >= 15 is 0 Å². The molecule has 0 bridgehead atoms. The van der Waals surface area contributed by atoms with Gasteiger partial charge in [0.05, 0.1) is 0 Å². The summed E-state index contributed by atoms with van der Waals surface area (Å²) < 4.78 is 44.0. The van der Waals surface area contributed by atoms with Crippen LogP contribution in [0.15, 0.2) is 36.4 Å². The molecule has 0 amide bonds. The van der Waals surface area contributed by atoms with Gasteiger partial charge in [-0.05, 0) is 0 Å². The van der Waals surface area contributed by atoms with Crippen LogP contribution in [0, 0.1) is 33.3 Å². The van der Waals surface area contributed by atoms with Crippen LogP contribution in [0.2, 0.25) is 0 Å². The molecule has 1 aromatic carbocycles. The zero-order valence-corrected chi connectivity index (χ0v) is 21.6. The van der Waals surface area contributed by atoms with Crippen LogP contribution in [-0.2, 0) is 43.8 Å². The summed E-state index contributed by atoms with van der Waals surface area (Å²) >= 11 is 3.06. The Morgan fingerprint density at radius 3 is 1.44 bits per heavy atom. The summed E-state index contributed by atoms with van der Waals surface area (Å²) in [7, 11) is -0.385. The average molecular weight is 496 g/mol. The quantitative estimate of drug-likeness (QED) is 0.294. The summed E-state index contributed by atoms with van der Waals surface area (Å²) in [6, 6.07) is 10.7. The molecule has 32 heavy (non-hydrogen) atoms. The van der Waals surface area contributed by atoms with E-state index in [0.29, 0.717) is 6.61 Å². The Bertz CT molecular complexity index is 683. The maximum atomic E-state index is 7.50. The van der Waals surface area contributed by atoms with Crippen molar-refractivity contribution in [2.45, 2.75) is 58.8 Å². The molecule has 0 aliphatic heterocycles. The summed E-state index contributed by atoms with van der Waals surface area (Å²) in [5, 5.41) is 1.85. The summed E-state index contributed by atoms with van der Waals surface area (Å²) in [4.78, 5) is 0. The van der Waals surface area contributed by atoms with E-state index in [-0.39, 0.29) is 18.2 Å². The summed E-state index contributed by atoms with van der Waals surface area (Å²) in [5.74, 6) is 0. The minimum atomic E-state index is -0.385. The second-order valence-electron chi connectivity index (χ2n) is 7.32. The predicted octanol–water partition coefficient (Wildman–Crippen LogP) is 5.63. The van der Waals surface area contributed by atoms with Crippen LogP contribution < -0.4 is 0 Å². The van der Waals surface area contributed by atoms with Crippen molar-refractivity contribution in [1.29, 1.82) is 0 Å². The molecule has 0 saturated carbocycles. The van der Waals surface area contributed by atoms with Gasteiger partial charge in [0.1, 0.15) is 0 Å². The van der Waals surface area contributed by atoms with Crippen LogP contribution in [-0.4, -0.2) is 21.5 Å². The second-order valence-corrected chi connectivity index (χ2v) is 11.8. The first-order valence-electron chi connectivity index (χ1n) is 8.83. The van der Waals surface area contributed by atoms with E-state index in [1.165, 1.54) is 10.9 Å². The molecule has 0 saturated heterocycles. The Morgan fingerprint density at radius 2 is 1.16 bits per heavy atom. The Balaban J connectivity index is -0.000000213. The molecule has 0 N–H and O–H groups in total. The van der Waals surface area contributed by atoms with Gasteiger partial charge in [-0.25, -0.2) is 0 Å². The first kappa shape index (κ1) is 40.8. The number of hydrogen-bond donors (Lipinski definition) is 0. The Morgan fingerprint density at radius 1 is 0.812 bits per heavy atom. The van der Waals surface area contributed by atoms with Gasteiger partial charge in [-0.1, -0.05) is 0 Å². The van der Waals surface area contributed by atoms with Gasteiger partial charge < -0.3 is 0 Å². The van der Waals surface area contributed by atoms with Crippen molar-refractivity contribution in [3.05, 3.63) is 75.2 Å². The van der Waals surface area contributed by atoms with Crippen LogP contribution in [0.3, 0.4) is 0 Å². The van der Waals surface area contributed by atoms with Crippen LogP contribution in [0.1, 0.15) is 54.0 Å². The van der Waals surface area contributed by atoms with Gasteiger partial charge in [0, 0.05) is 0 Å². The van der Waals surface area contributed by atoms with Gasteiger partial charge >= 0.3 is 202 Å². The van der Waals surface area contributed by atoms with E-state index in [4.69, 9.17) is 28.0 Å². The van der Waals surface area contributed by atoms with Gasteiger partial charge in [-0.15, -0.1) is 0 Å². The fourth-order valence-corrected chi connectivity index (χ4v) is 7.53. The van der Waals surface area contributed by atoms with Gasteiger partial charge in [-0.3, -0.25) is 0 Å². The third kappa shape index (κ3) is 19.2. The molecular weight excluding hydrogens is 467 g/mol. The van der Waals surface area contributed by atoms with Crippen LogP contribution in [0.4, 0.5) is 0 Å². The molecule has 0 fully saturated rings. The zero-order chi connectivity index (χ0) is 27.0. The molecule has 0 spiro atoms. The first-order chi connectivity index (χ1) is 15.1. The van der Waals surface area contributed by atoms with E-state index in [9.17, 15) is 0 Å². The standard InChI is InChI=1S/C19H29OP.5CO.Cr/c1-8-20-15-14-17(16-12-10-9-11-13-16)21(18(2,3)4)19(5,6)7;5*1-2;/h9-14H,8H2,1-7H3;;;;;;/b17-14+;;;;;;. The molecule has 172 valence electrons. The summed E-state index contributed by atoms with van der Waals surface area (Å²) in [6.07, 6.45) is 2.21. The van der Waals surface area contributed by atoms with Gasteiger partial charge in [-0.2, -0.15) is 0 Å². The van der Waals surface area contributed by atoms with Crippen molar-refractivity contribution < 1.29 is 43.8 Å². The molecule has 6 nitrogen and oxygen atoms in total. The topological polar surface area (TPSA) is 109 Å². The normalized spacial score (nSPS) is 9.62. The van der Waals surface area contributed by atoms with Crippen molar-refractivity contribution in [2.24, 2.45) is 0 Å². The molecule has 1 rings (SSSR count). The van der Waals surface area contributed by atoms with Crippen molar-refractivity contribution in [1.82, 2.24) is 0 Å². The van der Waals surface area contributed by atoms with Crippen molar-refractivity contribution in [3.8, 4) is 0 Å². The maximum absolute atomic E-state index is 7.50. The third-order valence-electron chi connectivity index (χ3n) is 3.19. The number of ether oxygens (including phenoxy) is 1. The van der Waals surface area contributed by atoms with Gasteiger partial charge in [0.25, 0.3) is 0 Å². The molecule has 0 heterocycles. The monoisotopic (exact) mass is 496 g/mol. The van der Waals surface area contributed by atoms with Crippen molar-refractivity contribution in [3.63, 3.8) is 0 Å². The van der Waals surface area contributed by atoms with Crippen LogP contribution in [0.5, 0.6) is 0 Å². The van der Waals surface area contributed by atoms with E-state index in [0.717, 1.165) is 4.57 Å². The van der Waals surface area contributed by atoms with E-state index in [2.05, 4.69) is 127 Å². The summed E-state index contributed by atoms with van der Waals surface area (Å²) in [6.45, 7) is 39.3. The van der Waals surface area contributed by atoms with Crippen molar-refractivity contribution in [2.75, 3.05) is 6.61 Å². The predicted molar refractivity (Wildman–Crippen MR) is 117 cm³/mol. The molecule has 0 aliphatic rings. The third-order valence-corrected chi connectivity index (χ3v) is 7.11. The molecule has 1 aromatic rings. The molecule has 0 atom stereocenters. The zero-order valence-electron chi connectivity index (χ0n) is 19.5. The Kier molecular flexibility index (Phi) is 32.8. The molecule has 8 heteroatoms. The van der Waals surface area contributed by atoms with E-state index in [1.807, 2.05) is 6.92 Å². The van der Waals surface area contributed by atoms with Crippen LogP contribution >= 0.6 is 7.92 Å². The fraction of sp³-hybridized carbons (Fsp3) is 0.417. The number of benzene rings is 1. The van der Waals surface area contributed by atoms with Crippen LogP contribution in [0.25, 0.3) is 5.31 Å². The number of rotatable bonds is 5. The Hall–Kier alpha value is -1.55. The number of hydrogen-bond acceptors (Lipinski definition) is 1. The second kappa shape index (κ2) is 25.7. The average Bonchev–Trinajstić information content (AvgIpc) is 2.79. The first-order valence-corrected chi connectivity index (χ1v) is 10.8. The van der Waals surface area contributed by atoms with Gasteiger partial charge in [0.2, 0.25) is 0 Å². The summed E-state index contributed by atoms with van der Waals surface area (Å²) in [5.41, 5.74) is 1.30. The van der Waals surface area contributed by atoms with E-state index < -0.39 is 0 Å². The molecule has 0 aliphatic carbocycles.